The van der Waals surface area contributed by atoms with Gasteiger partial charge in [-0.2, -0.15) is 0 Å². The summed E-state index contributed by atoms with van der Waals surface area (Å²) in [6.45, 7) is 5.28. The third-order valence-electron chi connectivity index (χ3n) is 3.25. The molecule has 0 amide bonds. The van der Waals surface area contributed by atoms with Crippen LogP contribution in [-0.2, 0) is 6.54 Å². The molecule has 0 aliphatic carbocycles. The first-order chi connectivity index (χ1) is 10.2. The molecule has 110 valence electrons. The molecule has 3 aromatic rings. The maximum Gasteiger partial charge on any atom is 0.194 e. The Kier molecular flexibility index (Phi) is 4.03. The van der Waals surface area contributed by atoms with Crippen LogP contribution in [0.1, 0.15) is 18.3 Å². The smallest absolute Gasteiger partial charge is 0.194 e. The minimum Gasteiger partial charge on any atom is -0.492 e. The monoisotopic (exact) mass is 321 g/mol. The van der Waals surface area contributed by atoms with Crippen molar-refractivity contribution in [3.05, 3.63) is 46.2 Å². The van der Waals surface area contributed by atoms with Crippen LogP contribution in [0, 0.1) is 6.92 Å². The van der Waals surface area contributed by atoms with Gasteiger partial charge in [0.15, 0.2) is 4.96 Å². The van der Waals surface area contributed by atoms with E-state index in [0.717, 1.165) is 22.0 Å². The zero-order valence-electron chi connectivity index (χ0n) is 11.9. The van der Waals surface area contributed by atoms with Crippen LogP contribution in [-0.4, -0.2) is 16.0 Å². The fraction of sp³-hybridized carbons (Fsp3) is 0.267. The number of rotatable bonds is 5. The van der Waals surface area contributed by atoms with Crippen molar-refractivity contribution >= 4 is 33.6 Å². The third kappa shape index (κ3) is 2.84. The molecule has 1 aromatic carbocycles. The van der Waals surface area contributed by atoms with Gasteiger partial charge in [0.1, 0.15) is 5.75 Å². The quantitative estimate of drug-likeness (QED) is 0.758. The Morgan fingerprint density at radius 3 is 3.05 bits per heavy atom. The maximum atomic E-state index is 6.20. The molecule has 0 spiro atoms. The Labute approximate surface area is 132 Å². The number of aromatic nitrogens is 2. The summed E-state index contributed by atoms with van der Waals surface area (Å²) in [7, 11) is 0. The number of thiazole rings is 1. The first kappa shape index (κ1) is 14.2. The number of anilines is 1. The second-order valence-corrected chi connectivity index (χ2v) is 5.91. The Morgan fingerprint density at radius 1 is 1.43 bits per heavy atom. The zero-order chi connectivity index (χ0) is 14.8. The predicted molar refractivity (Wildman–Crippen MR) is 87.8 cm³/mol. The summed E-state index contributed by atoms with van der Waals surface area (Å²) in [5.41, 5.74) is 3.18. The summed E-state index contributed by atoms with van der Waals surface area (Å²) >= 11 is 7.84. The molecule has 2 heterocycles. The second-order valence-electron chi connectivity index (χ2n) is 4.63. The predicted octanol–water partition coefficient (Wildman–Crippen LogP) is 4.37. The van der Waals surface area contributed by atoms with Crippen molar-refractivity contribution in [2.24, 2.45) is 0 Å². The number of ether oxygens (including phenoxy) is 1. The molecular weight excluding hydrogens is 306 g/mol. The van der Waals surface area contributed by atoms with Crippen molar-refractivity contribution in [2.75, 3.05) is 11.9 Å². The lowest BCUT2D eigenvalue weighted by molar-refractivity contribution is 0.340. The SMILES string of the molecule is CCOc1ccc(NCc2c(C)nc3sccn23)cc1Cl. The van der Waals surface area contributed by atoms with Gasteiger partial charge in [0.2, 0.25) is 0 Å². The van der Waals surface area contributed by atoms with Gasteiger partial charge in [0.05, 0.1) is 29.6 Å². The summed E-state index contributed by atoms with van der Waals surface area (Å²) in [6.07, 6.45) is 2.04. The Bertz CT molecular complexity index is 765. The van der Waals surface area contributed by atoms with E-state index < -0.39 is 0 Å². The van der Waals surface area contributed by atoms with Crippen LogP contribution >= 0.6 is 22.9 Å². The van der Waals surface area contributed by atoms with E-state index in [2.05, 4.69) is 14.7 Å². The van der Waals surface area contributed by atoms with Crippen LogP contribution in [0.5, 0.6) is 5.75 Å². The molecule has 2 aromatic heterocycles. The molecule has 6 heteroatoms. The van der Waals surface area contributed by atoms with E-state index in [0.29, 0.717) is 23.9 Å². The van der Waals surface area contributed by atoms with E-state index in [4.69, 9.17) is 16.3 Å². The molecule has 1 N–H and O–H groups in total. The van der Waals surface area contributed by atoms with Gasteiger partial charge in [-0.1, -0.05) is 11.6 Å². The number of hydrogen-bond acceptors (Lipinski definition) is 4. The summed E-state index contributed by atoms with van der Waals surface area (Å²) in [4.78, 5) is 5.56. The highest BCUT2D eigenvalue weighted by atomic mass is 35.5. The van der Waals surface area contributed by atoms with Gasteiger partial charge in [0, 0.05) is 17.3 Å². The summed E-state index contributed by atoms with van der Waals surface area (Å²) in [5, 5.41) is 6.04. The van der Waals surface area contributed by atoms with Crippen LogP contribution in [0.2, 0.25) is 5.02 Å². The number of imidazole rings is 1. The Balaban J connectivity index is 1.77. The lowest BCUT2D eigenvalue weighted by Gasteiger charge is -2.10. The zero-order valence-corrected chi connectivity index (χ0v) is 13.5. The molecular formula is C15H16ClN3OS. The molecule has 0 aliphatic rings. The molecule has 0 aliphatic heterocycles. The number of benzene rings is 1. The van der Waals surface area contributed by atoms with Crippen LogP contribution in [0.25, 0.3) is 4.96 Å². The molecule has 3 rings (SSSR count). The number of hydrogen-bond donors (Lipinski definition) is 1. The van der Waals surface area contributed by atoms with E-state index in [9.17, 15) is 0 Å². The average molecular weight is 322 g/mol. The minimum absolute atomic E-state index is 0.609. The normalized spacial score (nSPS) is 11.0. The second kappa shape index (κ2) is 5.95. The highest BCUT2D eigenvalue weighted by molar-refractivity contribution is 7.15. The molecule has 0 saturated carbocycles. The standard InChI is InChI=1S/C15H16ClN3OS/c1-3-20-14-5-4-11(8-12(14)16)17-9-13-10(2)18-15-19(13)6-7-21-15/h4-8,17H,3,9H2,1-2H3. The Morgan fingerprint density at radius 2 is 2.29 bits per heavy atom. The molecule has 0 unspecified atom stereocenters. The molecule has 0 saturated heterocycles. The van der Waals surface area contributed by atoms with E-state index in [-0.39, 0.29) is 0 Å². The third-order valence-corrected chi connectivity index (χ3v) is 4.30. The molecule has 0 bridgehead atoms. The van der Waals surface area contributed by atoms with Gasteiger partial charge < -0.3 is 10.1 Å². The first-order valence-electron chi connectivity index (χ1n) is 6.76. The van der Waals surface area contributed by atoms with Gasteiger partial charge in [-0.25, -0.2) is 4.98 Å². The summed E-state index contributed by atoms with van der Waals surface area (Å²) in [5.74, 6) is 0.713. The largest absolute Gasteiger partial charge is 0.492 e. The van der Waals surface area contributed by atoms with Gasteiger partial charge in [-0.05, 0) is 32.0 Å². The van der Waals surface area contributed by atoms with Gasteiger partial charge in [-0.3, -0.25) is 4.40 Å². The first-order valence-corrected chi connectivity index (χ1v) is 8.02. The highest BCUT2D eigenvalue weighted by Gasteiger charge is 2.09. The van der Waals surface area contributed by atoms with Crippen LogP contribution < -0.4 is 10.1 Å². The van der Waals surface area contributed by atoms with E-state index in [1.807, 2.05) is 43.6 Å². The number of nitrogens with zero attached hydrogens (tertiary/aromatic N) is 2. The lowest BCUT2D eigenvalue weighted by atomic mass is 10.2. The van der Waals surface area contributed by atoms with Gasteiger partial charge in [0.25, 0.3) is 0 Å². The minimum atomic E-state index is 0.609. The van der Waals surface area contributed by atoms with Gasteiger partial charge in [-0.15, -0.1) is 11.3 Å². The number of nitrogens with one attached hydrogen (secondary N) is 1. The molecule has 0 radical (unpaired) electrons. The Hall–Kier alpha value is -1.72. The van der Waals surface area contributed by atoms with E-state index in [1.165, 1.54) is 0 Å². The molecule has 0 fully saturated rings. The van der Waals surface area contributed by atoms with Crippen LogP contribution in [0.3, 0.4) is 0 Å². The summed E-state index contributed by atoms with van der Waals surface area (Å²) in [6, 6.07) is 5.74. The van der Waals surface area contributed by atoms with Crippen molar-refractivity contribution in [1.82, 2.24) is 9.38 Å². The van der Waals surface area contributed by atoms with Crippen molar-refractivity contribution in [3.63, 3.8) is 0 Å². The molecule has 0 atom stereocenters. The average Bonchev–Trinajstić information content (AvgIpc) is 3.00. The van der Waals surface area contributed by atoms with Crippen molar-refractivity contribution < 1.29 is 4.74 Å². The fourth-order valence-electron chi connectivity index (χ4n) is 2.22. The highest BCUT2D eigenvalue weighted by Crippen LogP contribution is 2.28. The number of aryl methyl sites for hydroxylation is 1. The van der Waals surface area contributed by atoms with Crippen molar-refractivity contribution in [1.29, 1.82) is 0 Å². The van der Waals surface area contributed by atoms with E-state index in [1.54, 1.807) is 11.3 Å². The van der Waals surface area contributed by atoms with Crippen LogP contribution in [0.4, 0.5) is 5.69 Å². The number of halogens is 1. The topological polar surface area (TPSA) is 38.6 Å². The van der Waals surface area contributed by atoms with Crippen molar-refractivity contribution in [3.8, 4) is 5.75 Å². The number of fused-ring (bicyclic) bond motifs is 1. The summed E-state index contributed by atoms with van der Waals surface area (Å²) < 4.78 is 7.55. The van der Waals surface area contributed by atoms with Crippen LogP contribution in [0.15, 0.2) is 29.8 Å². The van der Waals surface area contributed by atoms with E-state index >= 15 is 0 Å². The lowest BCUT2D eigenvalue weighted by Crippen LogP contribution is -2.03. The maximum absolute atomic E-state index is 6.20. The molecule has 4 nitrogen and oxygen atoms in total. The van der Waals surface area contributed by atoms with Crippen molar-refractivity contribution in [2.45, 2.75) is 20.4 Å². The molecule has 21 heavy (non-hydrogen) atoms. The fourth-order valence-corrected chi connectivity index (χ4v) is 3.24. The van der Waals surface area contributed by atoms with Gasteiger partial charge >= 0.3 is 0 Å².